The van der Waals surface area contributed by atoms with Gasteiger partial charge in [-0.25, -0.2) is 8.42 Å². The Morgan fingerprint density at radius 3 is 2.17 bits per heavy atom. The molecule has 23 heavy (non-hydrogen) atoms. The largest absolute Gasteiger partial charge is 0.507 e. The summed E-state index contributed by atoms with van der Waals surface area (Å²) < 4.78 is 25.4. The Balaban J connectivity index is 2.65. The van der Waals surface area contributed by atoms with Gasteiger partial charge in [-0.15, -0.1) is 0 Å². The van der Waals surface area contributed by atoms with Gasteiger partial charge in [0.1, 0.15) is 10.6 Å². The Morgan fingerprint density at radius 2 is 1.57 bits per heavy atom. The molecule has 0 unspecified atom stereocenters. The van der Waals surface area contributed by atoms with Crippen molar-refractivity contribution in [1.29, 1.82) is 0 Å². The summed E-state index contributed by atoms with van der Waals surface area (Å²) in [7, 11) is -4.17. The zero-order chi connectivity index (χ0) is 17.4. The second-order valence-corrected chi connectivity index (χ2v) is 6.86. The van der Waals surface area contributed by atoms with E-state index in [-0.39, 0.29) is 16.1 Å². The molecule has 2 aromatic rings. The Labute approximate surface area is 132 Å². The number of hydrogen-bond donors (Lipinski definition) is 4. The molecule has 2 rings (SSSR count). The number of sulfone groups is 1. The number of anilines is 1. The number of hydrogen-bond acceptors (Lipinski definition) is 6. The van der Waals surface area contributed by atoms with Gasteiger partial charge in [0.25, 0.3) is 0 Å². The molecule has 0 aliphatic heterocycles. The first-order valence-corrected chi connectivity index (χ1v) is 7.99. The summed E-state index contributed by atoms with van der Waals surface area (Å²) in [6.45, 7) is 2.71. The van der Waals surface area contributed by atoms with Crippen LogP contribution in [0.5, 0.6) is 17.2 Å². The molecule has 0 bridgehead atoms. The van der Waals surface area contributed by atoms with Crippen molar-refractivity contribution in [3.63, 3.8) is 0 Å². The van der Waals surface area contributed by atoms with Crippen molar-refractivity contribution >= 4 is 21.4 Å². The summed E-state index contributed by atoms with van der Waals surface area (Å²) >= 11 is 0. The first-order valence-electron chi connectivity index (χ1n) is 6.51. The molecule has 8 heteroatoms. The maximum absolute atomic E-state index is 12.7. The fraction of sp³-hybridized carbons (Fsp3) is 0.133. The third kappa shape index (κ3) is 3.21. The van der Waals surface area contributed by atoms with Crippen LogP contribution in [0.15, 0.2) is 40.1 Å². The van der Waals surface area contributed by atoms with E-state index < -0.39 is 37.9 Å². The van der Waals surface area contributed by atoms with Crippen LogP contribution in [0, 0.1) is 6.92 Å². The summed E-state index contributed by atoms with van der Waals surface area (Å²) in [6, 6.07) is 5.64. The number of aromatic hydroxyl groups is 3. The molecule has 0 aliphatic carbocycles. The van der Waals surface area contributed by atoms with Gasteiger partial charge in [-0.3, -0.25) is 4.79 Å². The normalized spacial score (nSPS) is 11.2. The van der Waals surface area contributed by atoms with E-state index in [1.165, 1.54) is 19.9 Å². The molecular weight excluding hydrogens is 322 g/mol. The van der Waals surface area contributed by atoms with Gasteiger partial charge in [0.15, 0.2) is 11.5 Å². The summed E-state index contributed by atoms with van der Waals surface area (Å²) in [5.74, 6) is -1.92. The van der Waals surface area contributed by atoms with Gasteiger partial charge >= 0.3 is 0 Å². The van der Waals surface area contributed by atoms with E-state index >= 15 is 0 Å². The second-order valence-electron chi connectivity index (χ2n) is 4.97. The molecule has 0 saturated carbocycles. The summed E-state index contributed by atoms with van der Waals surface area (Å²) in [5.41, 5.74) is 0.402. The highest BCUT2D eigenvalue weighted by molar-refractivity contribution is 7.91. The van der Waals surface area contributed by atoms with E-state index in [0.717, 1.165) is 24.3 Å². The number of carbonyl (C=O) groups excluding carboxylic acids is 1. The maximum Gasteiger partial charge on any atom is 0.221 e. The van der Waals surface area contributed by atoms with Crippen molar-refractivity contribution in [3.8, 4) is 17.2 Å². The Hall–Kier alpha value is -2.74. The average molecular weight is 337 g/mol. The molecule has 0 aromatic heterocycles. The molecule has 0 radical (unpaired) electrons. The maximum atomic E-state index is 12.7. The van der Waals surface area contributed by atoms with E-state index in [4.69, 9.17) is 0 Å². The van der Waals surface area contributed by atoms with Crippen LogP contribution in [-0.2, 0) is 14.6 Å². The van der Waals surface area contributed by atoms with Gasteiger partial charge in [0.2, 0.25) is 15.7 Å². The molecule has 0 fully saturated rings. The van der Waals surface area contributed by atoms with E-state index in [1.54, 1.807) is 0 Å². The fourth-order valence-electron chi connectivity index (χ4n) is 2.08. The van der Waals surface area contributed by atoms with Gasteiger partial charge in [-0.05, 0) is 36.8 Å². The molecule has 0 atom stereocenters. The lowest BCUT2D eigenvalue weighted by Gasteiger charge is -2.12. The first-order chi connectivity index (χ1) is 10.6. The molecule has 4 N–H and O–H groups in total. The summed E-state index contributed by atoms with van der Waals surface area (Å²) in [5, 5.41) is 31.3. The SMILES string of the molecule is CC(=O)Nc1ccc(O)c(S(=O)(=O)c2cc(O)c(O)cc2C)c1. The lowest BCUT2D eigenvalue weighted by molar-refractivity contribution is -0.114. The Morgan fingerprint density at radius 1 is 0.957 bits per heavy atom. The number of amides is 1. The van der Waals surface area contributed by atoms with Gasteiger partial charge in [-0.2, -0.15) is 0 Å². The van der Waals surface area contributed by atoms with Crippen molar-refractivity contribution in [2.75, 3.05) is 5.32 Å². The minimum atomic E-state index is -4.17. The molecule has 1 amide bonds. The number of aryl methyl sites for hydroxylation is 1. The Bertz CT molecular complexity index is 889. The smallest absolute Gasteiger partial charge is 0.221 e. The van der Waals surface area contributed by atoms with Crippen LogP contribution in [0.4, 0.5) is 5.69 Å². The monoisotopic (exact) mass is 337 g/mol. The lowest BCUT2D eigenvalue weighted by atomic mass is 10.2. The fourth-order valence-corrected chi connectivity index (χ4v) is 3.69. The highest BCUT2D eigenvalue weighted by Crippen LogP contribution is 2.36. The van der Waals surface area contributed by atoms with Crippen molar-refractivity contribution in [2.24, 2.45) is 0 Å². The minimum Gasteiger partial charge on any atom is -0.507 e. The van der Waals surface area contributed by atoms with Gasteiger partial charge in [0, 0.05) is 18.7 Å². The molecule has 0 spiro atoms. The van der Waals surface area contributed by atoms with Crippen molar-refractivity contribution in [2.45, 2.75) is 23.6 Å². The standard InChI is InChI=1S/C15H15NO6S/c1-8-5-12(19)13(20)7-14(8)23(21,22)15-6-10(16-9(2)17)3-4-11(15)18/h3-7,18-20H,1-2H3,(H,16,17). The van der Waals surface area contributed by atoms with Crippen LogP contribution in [0.25, 0.3) is 0 Å². The van der Waals surface area contributed by atoms with Crippen LogP contribution < -0.4 is 5.32 Å². The number of carbonyl (C=O) groups is 1. The highest BCUT2D eigenvalue weighted by Gasteiger charge is 2.25. The quantitative estimate of drug-likeness (QED) is 0.501. The van der Waals surface area contributed by atoms with Crippen LogP contribution in [0.2, 0.25) is 0 Å². The molecule has 7 nitrogen and oxygen atoms in total. The molecule has 0 saturated heterocycles. The minimum absolute atomic E-state index is 0.199. The summed E-state index contributed by atoms with van der Waals surface area (Å²) in [4.78, 5) is 10.4. The van der Waals surface area contributed by atoms with Crippen LogP contribution >= 0.6 is 0 Å². The van der Waals surface area contributed by atoms with Gasteiger partial charge in [0.05, 0.1) is 4.90 Å². The van der Waals surface area contributed by atoms with Crippen molar-refractivity contribution in [3.05, 3.63) is 35.9 Å². The van der Waals surface area contributed by atoms with E-state index in [0.29, 0.717) is 0 Å². The van der Waals surface area contributed by atoms with E-state index in [2.05, 4.69) is 5.32 Å². The summed E-state index contributed by atoms with van der Waals surface area (Å²) in [6.07, 6.45) is 0. The lowest BCUT2D eigenvalue weighted by Crippen LogP contribution is -2.08. The second kappa shape index (κ2) is 5.81. The van der Waals surface area contributed by atoms with Gasteiger partial charge in [-0.1, -0.05) is 0 Å². The third-order valence-electron chi connectivity index (χ3n) is 3.13. The topological polar surface area (TPSA) is 124 Å². The zero-order valence-corrected chi connectivity index (χ0v) is 13.2. The van der Waals surface area contributed by atoms with Crippen LogP contribution in [-0.4, -0.2) is 29.6 Å². The number of phenolic OH excluding ortho intramolecular Hbond substituents is 3. The number of benzene rings is 2. The zero-order valence-electron chi connectivity index (χ0n) is 12.4. The Kier molecular flexibility index (Phi) is 4.20. The number of rotatable bonds is 3. The van der Waals surface area contributed by atoms with Crippen LogP contribution in [0.3, 0.4) is 0 Å². The molecule has 2 aromatic carbocycles. The highest BCUT2D eigenvalue weighted by atomic mass is 32.2. The van der Waals surface area contributed by atoms with Crippen molar-refractivity contribution < 1.29 is 28.5 Å². The number of phenols is 3. The third-order valence-corrected chi connectivity index (χ3v) is 5.06. The van der Waals surface area contributed by atoms with E-state index in [9.17, 15) is 28.5 Å². The molecule has 0 heterocycles. The first kappa shape index (κ1) is 16.6. The predicted octanol–water partition coefficient (Wildman–Crippen LogP) is 1.90. The molecular formula is C15H15NO6S. The van der Waals surface area contributed by atoms with E-state index in [1.807, 2.05) is 0 Å². The average Bonchev–Trinajstić information content (AvgIpc) is 2.44. The predicted molar refractivity (Wildman–Crippen MR) is 82.4 cm³/mol. The number of nitrogens with one attached hydrogen (secondary N) is 1. The van der Waals surface area contributed by atoms with Gasteiger partial charge < -0.3 is 20.6 Å². The molecule has 0 aliphatic rings. The van der Waals surface area contributed by atoms with Crippen molar-refractivity contribution in [1.82, 2.24) is 0 Å². The van der Waals surface area contributed by atoms with Crippen LogP contribution in [0.1, 0.15) is 12.5 Å². The molecule has 122 valence electrons.